The summed E-state index contributed by atoms with van der Waals surface area (Å²) in [6.07, 6.45) is 6.23. The molecule has 0 saturated heterocycles. The zero-order chi connectivity index (χ0) is 19.4. The Kier molecular flexibility index (Phi) is 12.9. The number of carbonyl (C=O) groups is 2. The number of carboxylic acids is 1. The monoisotopic (exact) mass is 344 g/mol. The number of carbonyl (C=O) groups excluding carboxylic acids is 1. The van der Waals surface area contributed by atoms with Crippen LogP contribution in [0.5, 0.6) is 0 Å². The van der Waals surface area contributed by atoms with E-state index in [-0.39, 0.29) is 11.4 Å². The van der Waals surface area contributed by atoms with Crippen molar-refractivity contribution in [3.05, 3.63) is 0 Å². The van der Waals surface area contributed by atoms with Gasteiger partial charge in [-0.2, -0.15) is 0 Å². The predicted octanol–water partition coefficient (Wildman–Crippen LogP) is 5.69. The Balaban J connectivity index is 0. The first-order chi connectivity index (χ1) is 11.0. The lowest BCUT2D eigenvalue weighted by Gasteiger charge is -2.22. The maximum absolute atomic E-state index is 11.8. The van der Waals surface area contributed by atoms with E-state index in [0.717, 1.165) is 12.8 Å². The predicted molar refractivity (Wildman–Crippen MR) is 100 cm³/mol. The number of hydrogen-bond acceptors (Lipinski definition) is 3. The van der Waals surface area contributed by atoms with Crippen molar-refractivity contribution in [3.63, 3.8) is 0 Å². The smallest absolute Gasteiger partial charge is 0.311 e. The maximum atomic E-state index is 11.8. The summed E-state index contributed by atoms with van der Waals surface area (Å²) in [5.74, 6) is -0.235. The number of aliphatic carboxylic acids is 1. The van der Waals surface area contributed by atoms with E-state index in [9.17, 15) is 9.59 Å². The van der Waals surface area contributed by atoms with Crippen LogP contribution in [0.15, 0.2) is 0 Å². The average molecular weight is 345 g/mol. The third-order valence-electron chi connectivity index (χ3n) is 4.89. The minimum absolute atomic E-state index is 0.0510. The highest BCUT2D eigenvalue weighted by atomic mass is 16.5. The first-order valence-electron chi connectivity index (χ1n) is 9.38. The van der Waals surface area contributed by atoms with E-state index in [1.165, 1.54) is 19.3 Å². The van der Waals surface area contributed by atoms with Crippen LogP contribution >= 0.6 is 0 Å². The molecular weight excluding hydrogens is 304 g/mol. The van der Waals surface area contributed by atoms with Gasteiger partial charge >= 0.3 is 11.9 Å². The highest BCUT2D eigenvalue weighted by Crippen LogP contribution is 2.23. The van der Waals surface area contributed by atoms with Gasteiger partial charge in [-0.15, -0.1) is 0 Å². The van der Waals surface area contributed by atoms with E-state index >= 15 is 0 Å². The summed E-state index contributed by atoms with van der Waals surface area (Å²) in [7, 11) is 0. The van der Waals surface area contributed by atoms with Gasteiger partial charge in [-0.1, -0.05) is 47.0 Å². The molecule has 0 fully saturated rings. The molecular formula is C20H40O4. The van der Waals surface area contributed by atoms with Gasteiger partial charge in [0.05, 0.1) is 17.4 Å². The van der Waals surface area contributed by atoms with Crippen LogP contribution in [0, 0.1) is 16.7 Å². The Morgan fingerprint density at radius 2 is 1.46 bits per heavy atom. The molecule has 0 aromatic rings. The molecule has 0 aliphatic heterocycles. The van der Waals surface area contributed by atoms with Gasteiger partial charge in [0.25, 0.3) is 0 Å². The van der Waals surface area contributed by atoms with Gasteiger partial charge in [0.15, 0.2) is 0 Å². The minimum Gasteiger partial charge on any atom is -0.481 e. The number of esters is 1. The standard InChI is InChI=1S/C14H28O2.C6H12O2/c1-6-9-10-12(7-2)11-16-13(15)14(4,5)8-3;1-4-6(2,3)5(7)8/h12H,6-11H2,1-5H3;4H2,1-3H3,(H,7,8). The van der Waals surface area contributed by atoms with Gasteiger partial charge in [-0.05, 0) is 52.9 Å². The van der Waals surface area contributed by atoms with E-state index in [4.69, 9.17) is 9.84 Å². The summed E-state index contributed by atoms with van der Waals surface area (Å²) in [5.41, 5.74) is -0.872. The van der Waals surface area contributed by atoms with Crippen molar-refractivity contribution in [2.24, 2.45) is 16.7 Å². The van der Waals surface area contributed by atoms with Crippen molar-refractivity contribution in [2.75, 3.05) is 6.61 Å². The minimum atomic E-state index is -0.722. The molecule has 0 bridgehead atoms. The normalized spacial score (nSPS) is 12.8. The van der Waals surface area contributed by atoms with Crippen LogP contribution in [0.1, 0.15) is 93.9 Å². The molecule has 0 heterocycles. The Hall–Kier alpha value is -1.06. The van der Waals surface area contributed by atoms with Crippen LogP contribution in [-0.2, 0) is 14.3 Å². The fraction of sp³-hybridized carbons (Fsp3) is 0.900. The van der Waals surface area contributed by atoms with E-state index in [0.29, 0.717) is 18.9 Å². The molecule has 0 aromatic heterocycles. The molecule has 0 amide bonds. The zero-order valence-corrected chi connectivity index (χ0v) is 17.2. The molecule has 0 aliphatic rings. The molecule has 1 N–H and O–H groups in total. The van der Waals surface area contributed by atoms with Crippen LogP contribution in [-0.4, -0.2) is 23.7 Å². The molecule has 1 atom stereocenters. The van der Waals surface area contributed by atoms with Gasteiger partial charge in [-0.3, -0.25) is 9.59 Å². The van der Waals surface area contributed by atoms with Crippen molar-refractivity contribution < 1.29 is 19.4 Å². The third kappa shape index (κ3) is 10.7. The molecule has 4 nitrogen and oxygen atoms in total. The molecule has 24 heavy (non-hydrogen) atoms. The van der Waals surface area contributed by atoms with Crippen molar-refractivity contribution in [3.8, 4) is 0 Å². The largest absolute Gasteiger partial charge is 0.481 e. The number of unbranched alkanes of at least 4 members (excludes halogenated alkanes) is 1. The number of ether oxygens (including phenoxy) is 1. The van der Waals surface area contributed by atoms with Crippen molar-refractivity contribution in [1.82, 2.24) is 0 Å². The zero-order valence-electron chi connectivity index (χ0n) is 17.2. The molecule has 0 spiro atoms. The summed E-state index contributed by atoms with van der Waals surface area (Å²) >= 11 is 0. The first-order valence-corrected chi connectivity index (χ1v) is 9.38. The molecule has 0 aromatic carbocycles. The molecule has 4 heteroatoms. The summed E-state index contributed by atoms with van der Waals surface area (Å²) in [6.45, 7) is 16.2. The Bertz CT molecular complexity index is 359. The van der Waals surface area contributed by atoms with Crippen LogP contribution < -0.4 is 0 Å². The average Bonchev–Trinajstić information content (AvgIpc) is 2.55. The van der Waals surface area contributed by atoms with Crippen molar-refractivity contribution in [1.29, 1.82) is 0 Å². The van der Waals surface area contributed by atoms with Crippen LogP contribution in [0.2, 0.25) is 0 Å². The quantitative estimate of drug-likeness (QED) is 0.517. The first kappa shape index (κ1) is 25.2. The van der Waals surface area contributed by atoms with E-state index < -0.39 is 11.4 Å². The van der Waals surface area contributed by atoms with Gasteiger partial charge in [0.1, 0.15) is 0 Å². The fourth-order valence-corrected chi connectivity index (χ4v) is 1.58. The number of rotatable bonds is 10. The van der Waals surface area contributed by atoms with Crippen LogP contribution in [0.25, 0.3) is 0 Å². The maximum Gasteiger partial charge on any atom is 0.311 e. The highest BCUT2D eigenvalue weighted by Gasteiger charge is 2.27. The Morgan fingerprint density at radius 1 is 0.958 bits per heavy atom. The summed E-state index contributed by atoms with van der Waals surface area (Å²) in [5, 5.41) is 8.44. The van der Waals surface area contributed by atoms with Crippen LogP contribution in [0.4, 0.5) is 0 Å². The SMILES string of the molecule is CCC(C)(C)C(=O)O.CCCCC(CC)COC(=O)C(C)(C)CC. The Morgan fingerprint density at radius 3 is 1.75 bits per heavy atom. The number of hydrogen-bond donors (Lipinski definition) is 1. The summed E-state index contributed by atoms with van der Waals surface area (Å²) < 4.78 is 5.41. The lowest BCUT2D eigenvalue weighted by Crippen LogP contribution is -2.27. The lowest BCUT2D eigenvalue weighted by atomic mass is 9.90. The van der Waals surface area contributed by atoms with Crippen molar-refractivity contribution in [2.45, 2.75) is 93.9 Å². The van der Waals surface area contributed by atoms with Gasteiger partial charge in [-0.25, -0.2) is 0 Å². The van der Waals surface area contributed by atoms with Gasteiger partial charge in [0, 0.05) is 0 Å². The highest BCUT2D eigenvalue weighted by molar-refractivity contribution is 5.75. The topological polar surface area (TPSA) is 63.6 Å². The molecule has 0 saturated carbocycles. The van der Waals surface area contributed by atoms with E-state index in [2.05, 4.69) is 13.8 Å². The van der Waals surface area contributed by atoms with Gasteiger partial charge < -0.3 is 9.84 Å². The second-order valence-electron chi connectivity index (χ2n) is 7.79. The molecule has 0 aliphatic carbocycles. The van der Waals surface area contributed by atoms with Gasteiger partial charge in [0.2, 0.25) is 0 Å². The van der Waals surface area contributed by atoms with Crippen molar-refractivity contribution >= 4 is 11.9 Å². The number of carboxylic acid groups (broad SMARTS) is 1. The van der Waals surface area contributed by atoms with E-state index in [1.54, 1.807) is 13.8 Å². The lowest BCUT2D eigenvalue weighted by molar-refractivity contribution is -0.155. The second-order valence-corrected chi connectivity index (χ2v) is 7.79. The Labute approximate surface area is 149 Å². The van der Waals surface area contributed by atoms with Crippen LogP contribution in [0.3, 0.4) is 0 Å². The van der Waals surface area contributed by atoms with E-state index in [1.807, 2.05) is 27.7 Å². The summed E-state index contributed by atoms with van der Waals surface area (Å²) in [4.78, 5) is 22.0. The molecule has 0 radical (unpaired) electrons. The second kappa shape index (κ2) is 12.3. The third-order valence-corrected chi connectivity index (χ3v) is 4.89. The molecule has 144 valence electrons. The summed E-state index contributed by atoms with van der Waals surface area (Å²) in [6, 6.07) is 0. The molecule has 1 unspecified atom stereocenters. The fourth-order valence-electron chi connectivity index (χ4n) is 1.58. The molecule has 0 rings (SSSR count).